The molecule has 0 atom stereocenters. The SMILES string of the molecule is C=C(C)C(=O)OCCCCCCCCCCCC.C=CC(=O)OCCCC(F)(C(F)(F)F)C(F)(F)F. The summed E-state index contributed by atoms with van der Waals surface area (Å²) >= 11 is 0. The van der Waals surface area contributed by atoms with Crippen molar-refractivity contribution in [3.05, 3.63) is 24.8 Å². The first kappa shape index (κ1) is 36.1. The lowest BCUT2D eigenvalue weighted by Gasteiger charge is -2.29. The molecule has 36 heavy (non-hydrogen) atoms. The molecule has 0 aliphatic heterocycles. The van der Waals surface area contributed by atoms with Crippen molar-refractivity contribution in [2.75, 3.05) is 13.2 Å². The van der Waals surface area contributed by atoms with Crippen LogP contribution in [0.1, 0.15) is 90.9 Å². The van der Waals surface area contributed by atoms with Crippen molar-refractivity contribution < 1.29 is 49.8 Å². The summed E-state index contributed by atoms with van der Waals surface area (Å²) in [5.74, 6) is -1.27. The van der Waals surface area contributed by atoms with Crippen LogP contribution in [0.3, 0.4) is 0 Å². The van der Waals surface area contributed by atoms with Gasteiger partial charge >= 0.3 is 24.3 Å². The molecular weight excluding hydrogens is 497 g/mol. The smallest absolute Gasteiger partial charge is 0.431 e. The fourth-order valence-corrected chi connectivity index (χ4v) is 2.87. The summed E-state index contributed by atoms with van der Waals surface area (Å²) in [6.45, 7) is 10.2. The Morgan fingerprint density at radius 2 is 1.14 bits per heavy atom. The predicted octanol–water partition coefficient (Wildman–Crippen LogP) is 8.36. The Bertz CT molecular complexity index is 629. The molecule has 0 saturated heterocycles. The molecule has 11 heteroatoms. The zero-order valence-corrected chi connectivity index (χ0v) is 21.2. The van der Waals surface area contributed by atoms with Crippen molar-refractivity contribution in [3.63, 3.8) is 0 Å². The Labute approximate surface area is 209 Å². The van der Waals surface area contributed by atoms with E-state index in [2.05, 4.69) is 24.8 Å². The van der Waals surface area contributed by atoms with E-state index in [1.165, 1.54) is 57.8 Å². The number of unbranched alkanes of at least 4 members (excludes halogenated alkanes) is 9. The van der Waals surface area contributed by atoms with Gasteiger partial charge in [-0.05, 0) is 19.8 Å². The standard InChI is InChI=1S/C16H30O2.C9H9F7O2/c1-4-5-6-7-8-9-10-11-12-13-14-18-16(17)15(2)3;1-2-6(17)18-5-3-4-7(10,8(11,12)13)9(14,15)16/h2,4-14H2,1,3H3;2H,1,3-5H2. The van der Waals surface area contributed by atoms with Gasteiger partial charge in [0.1, 0.15) is 0 Å². The third-order valence-corrected chi connectivity index (χ3v) is 5.05. The fraction of sp³-hybridized carbons (Fsp3) is 0.760. The van der Waals surface area contributed by atoms with E-state index in [0.29, 0.717) is 18.3 Å². The number of carbonyl (C=O) groups excluding carboxylic acids is 2. The second-order valence-electron chi connectivity index (χ2n) is 8.37. The van der Waals surface area contributed by atoms with Crippen LogP contribution in [0.4, 0.5) is 30.7 Å². The first-order valence-corrected chi connectivity index (χ1v) is 12.1. The average molecular weight is 537 g/mol. The normalized spacial score (nSPS) is 11.8. The first-order chi connectivity index (χ1) is 16.6. The Morgan fingerprint density at radius 3 is 1.53 bits per heavy atom. The molecule has 0 radical (unpaired) electrons. The second-order valence-corrected chi connectivity index (χ2v) is 8.37. The zero-order valence-electron chi connectivity index (χ0n) is 21.2. The van der Waals surface area contributed by atoms with Crippen LogP contribution < -0.4 is 0 Å². The number of rotatable bonds is 17. The van der Waals surface area contributed by atoms with Crippen LogP contribution in [0.2, 0.25) is 0 Å². The quantitative estimate of drug-likeness (QED) is 0.0811. The van der Waals surface area contributed by atoms with Gasteiger partial charge in [0.25, 0.3) is 5.67 Å². The first-order valence-electron chi connectivity index (χ1n) is 12.1. The van der Waals surface area contributed by atoms with Gasteiger partial charge in [0.2, 0.25) is 0 Å². The number of halogens is 7. The van der Waals surface area contributed by atoms with Crippen LogP contribution in [0.25, 0.3) is 0 Å². The Kier molecular flexibility index (Phi) is 19.1. The van der Waals surface area contributed by atoms with E-state index in [9.17, 15) is 40.3 Å². The van der Waals surface area contributed by atoms with E-state index in [1.807, 2.05) is 0 Å². The number of alkyl halides is 7. The van der Waals surface area contributed by atoms with E-state index in [4.69, 9.17) is 4.74 Å². The summed E-state index contributed by atoms with van der Waals surface area (Å²) in [5, 5.41) is 0. The van der Waals surface area contributed by atoms with Gasteiger partial charge in [-0.2, -0.15) is 26.3 Å². The molecule has 0 aliphatic carbocycles. The maximum Gasteiger partial charge on any atom is 0.431 e. The predicted molar refractivity (Wildman–Crippen MR) is 124 cm³/mol. The highest BCUT2D eigenvalue weighted by Crippen LogP contribution is 2.48. The molecule has 0 aromatic rings. The largest absolute Gasteiger partial charge is 0.463 e. The minimum absolute atomic E-state index is 0.258. The maximum atomic E-state index is 13.0. The fourth-order valence-electron chi connectivity index (χ4n) is 2.87. The van der Waals surface area contributed by atoms with E-state index in [-0.39, 0.29) is 5.97 Å². The van der Waals surface area contributed by atoms with E-state index in [0.717, 1.165) is 6.42 Å². The van der Waals surface area contributed by atoms with Crippen LogP contribution in [-0.2, 0) is 19.1 Å². The lowest BCUT2D eigenvalue weighted by molar-refractivity contribution is -0.343. The molecule has 0 rings (SSSR count). The molecule has 0 unspecified atom stereocenters. The summed E-state index contributed by atoms with van der Waals surface area (Å²) < 4.78 is 94.4. The number of ether oxygens (including phenoxy) is 2. The lowest BCUT2D eigenvalue weighted by atomic mass is 9.98. The Balaban J connectivity index is 0. The van der Waals surface area contributed by atoms with Gasteiger partial charge < -0.3 is 9.47 Å². The van der Waals surface area contributed by atoms with E-state index >= 15 is 0 Å². The molecule has 212 valence electrons. The number of carbonyl (C=O) groups is 2. The molecule has 0 heterocycles. The van der Waals surface area contributed by atoms with Gasteiger partial charge in [0.15, 0.2) is 0 Å². The van der Waals surface area contributed by atoms with Crippen molar-refractivity contribution in [1.29, 1.82) is 0 Å². The van der Waals surface area contributed by atoms with Crippen LogP contribution >= 0.6 is 0 Å². The minimum Gasteiger partial charge on any atom is -0.463 e. The van der Waals surface area contributed by atoms with Crippen LogP contribution in [0.5, 0.6) is 0 Å². The van der Waals surface area contributed by atoms with Gasteiger partial charge in [0.05, 0.1) is 13.2 Å². The van der Waals surface area contributed by atoms with E-state index in [1.54, 1.807) is 6.92 Å². The Hall–Kier alpha value is -2.07. The van der Waals surface area contributed by atoms with Gasteiger partial charge in [-0.15, -0.1) is 0 Å². The van der Waals surface area contributed by atoms with Crippen molar-refractivity contribution in [2.45, 2.75) is 109 Å². The molecule has 0 amide bonds. The monoisotopic (exact) mass is 536 g/mol. The highest BCUT2D eigenvalue weighted by Gasteiger charge is 2.71. The summed E-state index contributed by atoms with van der Waals surface area (Å²) in [7, 11) is 0. The highest BCUT2D eigenvalue weighted by atomic mass is 19.4. The molecular formula is C25H39F7O4. The van der Waals surface area contributed by atoms with Gasteiger partial charge in [-0.1, -0.05) is 77.9 Å². The average Bonchev–Trinajstić information content (AvgIpc) is 2.78. The lowest BCUT2D eigenvalue weighted by Crippen LogP contribution is -2.53. The van der Waals surface area contributed by atoms with E-state index < -0.39 is 43.4 Å². The molecule has 0 fully saturated rings. The third kappa shape index (κ3) is 16.6. The van der Waals surface area contributed by atoms with Gasteiger partial charge in [0, 0.05) is 18.1 Å². The second kappa shape index (κ2) is 19.1. The molecule has 0 bridgehead atoms. The van der Waals surface area contributed by atoms with Crippen LogP contribution in [0, 0.1) is 0 Å². The van der Waals surface area contributed by atoms with Gasteiger partial charge in [-0.3, -0.25) is 0 Å². The molecule has 0 aromatic carbocycles. The van der Waals surface area contributed by atoms with Crippen LogP contribution in [-0.4, -0.2) is 43.2 Å². The number of esters is 2. The summed E-state index contributed by atoms with van der Waals surface area (Å²) in [4.78, 5) is 21.5. The van der Waals surface area contributed by atoms with Crippen molar-refractivity contribution >= 4 is 11.9 Å². The minimum atomic E-state index is -6.08. The topological polar surface area (TPSA) is 52.6 Å². The number of hydrogen-bond donors (Lipinski definition) is 0. The van der Waals surface area contributed by atoms with Crippen LogP contribution in [0.15, 0.2) is 24.8 Å². The number of hydrogen-bond acceptors (Lipinski definition) is 4. The highest BCUT2D eigenvalue weighted by molar-refractivity contribution is 5.86. The summed E-state index contributed by atoms with van der Waals surface area (Å²) in [6, 6.07) is 0. The molecule has 0 spiro atoms. The summed E-state index contributed by atoms with van der Waals surface area (Å²) in [6.07, 6.45) is -1.31. The molecule has 0 N–H and O–H groups in total. The van der Waals surface area contributed by atoms with Gasteiger partial charge in [-0.25, -0.2) is 14.0 Å². The van der Waals surface area contributed by atoms with Crippen molar-refractivity contribution in [3.8, 4) is 0 Å². The summed E-state index contributed by atoms with van der Waals surface area (Å²) in [5.41, 5.74) is -4.82. The molecule has 4 nitrogen and oxygen atoms in total. The zero-order chi connectivity index (χ0) is 28.3. The third-order valence-electron chi connectivity index (χ3n) is 5.05. The molecule has 0 aliphatic rings. The maximum absolute atomic E-state index is 13.0. The molecule has 0 saturated carbocycles. The van der Waals surface area contributed by atoms with Crippen molar-refractivity contribution in [1.82, 2.24) is 0 Å². The van der Waals surface area contributed by atoms with Crippen molar-refractivity contribution in [2.24, 2.45) is 0 Å². The Morgan fingerprint density at radius 1 is 0.722 bits per heavy atom. The molecule has 0 aromatic heterocycles.